The number of halogens is 1. The minimum atomic E-state index is -0.0983. The molecule has 122 valence electrons. The number of amides is 1. The highest BCUT2D eigenvalue weighted by molar-refractivity contribution is 6.31. The summed E-state index contributed by atoms with van der Waals surface area (Å²) in [5.74, 6) is 0.495. The topological polar surface area (TPSA) is 50.8 Å². The van der Waals surface area contributed by atoms with Crippen LogP contribution in [0.3, 0.4) is 0 Å². The Labute approximate surface area is 136 Å². The number of ether oxygens (including phenoxy) is 2. The van der Waals surface area contributed by atoms with Crippen LogP contribution >= 0.6 is 11.6 Å². The molecule has 0 saturated carbocycles. The summed E-state index contributed by atoms with van der Waals surface area (Å²) in [5.41, 5.74) is 0.585. The Balaban J connectivity index is 1.85. The third-order valence-corrected chi connectivity index (χ3v) is 3.87. The molecule has 1 aromatic carbocycles. The lowest BCUT2D eigenvalue weighted by molar-refractivity contribution is -0.117. The predicted molar refractivity (Wildman–Crippen MR) is 87.7 cm³/mol. The van der Waals surface area contributed by atoms with E-state index in [1.165, 1.54) is 6.42 Å². The van der Waals surface area contributed by atoms with E-state index in [1.54, 1.807) is 25.3 Å². The summed E-state index contributed by atoms with van der Waals surface area (Å²) >= 11 is 5.96. The van der Waals surface area contributed by atoms with E-state index in [1.807, 2.05) is 11.9 Å². The molecule has 1 saturated heterocycles. The summed E-state index contributed by atoms with van der Waals surface area (Å²) in [7, 11) is 3.48. The maximum Gasteiger partial charge on any atom is 0.238 e. The number of hydrogen-bond acceptors (Lipinski definition) is 4. The Kier molecular flexibility index (Phi) is 6.49. The number of rotatable bonds is 6. The van der Waals surface area contributed by atoms with Gasteiger partial charge in [0.25, 0.3) is 0 Å². The van der Waals surface area contributed by atoms with Gasteiger partial charge in [0.1, 0.15) is 5.75 Å². The minimum absolute atomic E-state index is 0.0983. The first kappa shape index (κ1) is 17.1. The van der Waals surface area contributed by atoms with Crippen LogP contribution in [0.2, 0.25) is 5.02 Å². The summed E-state index contributed by atoms with van der Waals surface area (Å²) < 4.78 is 10.9. The molecule has 0 radical (unpaired) electrons. The Bertz CT molecular complexity index is 504. The molecule has 1 heterocycles. The molecule has 0 unspecified atom stereocenters. The van der Waals surface area contributed by atoms with Crippen molar-refractivity contribution in [2.24, 2.45) is 0 Å². The standard InChI is InChI=1S/C16H23ClN2O3/c1-19(10-13-5-3-4-8-22-13)11-16(20)18-14-9-12(17)6-7-15(14)21-2/h6-7,9,13H,3-5,8,10-11H2,1-2H3,(H,18,20)/t13-/m0/s1. The molecule has 1 aliphatic heterocycles. The molecule has 0 spiro atoms. The fourth-order valence-corrected chi connectivity index (χ4v) is 2.75. The van der Waals surface area contributed by atoms with Gasteiger partial charge in [-0.05, 0) is 44.5 Å². The van der Waals surface area contributed by atoms with Crippen LogP contribution in [-0.2, 0) is 9.53 Å². The second-order valence-electron chi connectivity index (χ2n) is 5.58. The number of hydrogen-bond donors (Lipinski definition) is 1. The predicted octanol–water partition coefficient (Wildman–Crippen LogP) is 2.79. The van der Waals surface area contributed by atoms with Crippen LogP contribution < -0.4 is 10.1 Å². The molecule has 0 aliphatic carbocycles. The highest BCUT2D eigenvalue weighted by Gasteiger charge is 2.17. The van der Waals surface area contributed by atoms with E-state index in [0.717, 1.165) is 26.0 Å². The summed E-state index contributed by atoms with van der Waals surface area (Å²) in [5, 5.41) is 3.40. The third-order valence-electron chi connectivity index (χ3n) is 3.64. The molecule has 1 N–H and O–H groups in total. The molecule has 1 amide bonds. The molecular weight excluding hydrogens is 304 g/mol. The second-order valence-corrected chi connectivity index (χ2v) is 6.01. The number of likely N-dealkylation sites (N-methyl/N-ethyl adjacent to an activating group) is 1. The number of benzene rings is 1. The number of carbonyl (C=O) groups excluding carboxylic acids is 1. The number of anilines is 1. The van der Waals surface area contributed by atoms with Crippen molar-refractivity contribution in [1.29, 1.82) is 0 Å². The summed E-state index contributed by atoms with van der Waals surface area (Å²) in [6, 6.07) is 5.14. The van der Waals surface area contributed by atoms with Crippen molar-refractivity contribution in [1.82, 2.24) is 4.90 Å². The molecule has 1 aromatic rings. The van der Waals surface area contributed by atoms with Crippen molar-refractivity contribution in [3.63, 3.8) is 0 Å². The maximum atomic E-state index is 12.2. The zero-order valence-electron chi connectivity index (χ0n) is 13.1. The monoisotopic (exact) mass is 326 g/mol. The van der Waals surface area contributed by atoms with Crippen molar-refractivity contribution in [2.45, 2.75) is 25.4 Å². The van der Waals surface area contributed by atoms with Crippen molar-refractivity contribution < 1.29 is 14.3 Å². The third kappa shape index (κ3) is 5.16. The van der Waals surface area contributed by atoms with Crippen LogP contribution in [-0.4, -0.2) is 50.8 Å². The van der Waals surface area contributed by atoms with Crippen molar-refractivity contribution >= 4 is 23.2 Å². The fourth-order valence-electron chi connectivity index (χ4n) is 2.58. The van der Waals surface area contributed by atoms with E-state index >= 15 is 0 Å². The van der Waals surface area contributed by atoms with Crippen LogP contribution in [0.15, 0.2) is 18.2 Å². The highest BCUT2D eigenvalue weighted by Crippen LogP contribution is 2.27. The molecule has 22 heavy (non-hydrogen) atoms. The smallest absolute Gasteiger partial charge is 0.238 e. The number of nitrogens with zero attached hydrogens (tertiary/aromatic N) is 1. The zero-order valence-corrected chi connectivity index (χ0v) is 13.9. The normalized spacial score (nSPS) is 18.3. The molecule has 1 aliphatic rings. The Morgan fingerprint density at radius 1 is 1.50 bits per heavy atom. The van der Waals surface area contributed by atoms with Gasteiger partial charge in [0.05, 0.1) is 25.4 Å². The van der Waals surface area contributed by atoms with Gasteiger partial charge < -0.3 is 14.8 Å². The van der Waals surface area contributed by atoms with E-state index in [-0.39, 0.29) is 12.0 Å². The first-order valence-electron chi connectivity index (χ1n) is 7.52. The van der Waals surface area contributed by atoms with Gasteiger partial charge in [0, 0.05) is 18.2 Å². The molecule has 5 nitrogen and oxygen atoms in total. The van der Waals surface area contributed by atoms with Crippen molar-refractivity contribution in [3.05, 3.63) is 23.2 Å². The van der Waals surface area contributed by atoms with E-state index in [0.29, 0.717) is 23.0 Å². The average Bonchev–Trinajstić information content (AvgIpc) is 2.48. The van der Waals surface area contributed by atoms with Crippen LogP contribution in [0.1, 0.15) is 19.3 Å². The van der Waals surface area contributed by atoms with Gasteiger partial charge in [0.15, 0.2) is 0 Å². The molecule has 0 aromatic heterocycles. The van der Waals surface area contributed by atoms with Crippen LogP contribution in [0.4, 0.5) is 5.69 Å². The Morgan fingerprint density at radius 3 is 3.00 bits per heavy atom. The first-order valence-corrected chi connectivity index (χ1v) is 7.90. The van der Waals surface area contributed by atoms with Crippen molar-refractivity contribution in [2.75, 3.05) is 39.2 Å². The van der Waals surface area contributed by atoms with Crippen molar-refractivity contribution in [3.8, 4) is 5.75 Å². The lowest BCUT2D eigenvalue weighted by atomic mass is 10.1. The number of carbonyl (C=O) groups is 1. The van der Waals surface area contributed by atoms with Crippen LogP contribution in [0, 0.1) is 0 Å². The molecule has 6 heteroatoms. The van der Waals surface area contributed by atoms with Gasteiger partial charge in [0.2, 0.25) is 5.91 Å². The van der Waals surface area contributed by atoms with Gasteiger partial charge in [-0.15, -0.1) is 0 Å². The molecule has 1 fully saturated rings. The van der Waals surface area contributed by atoms with Crippen LogP contribution in [0.5, 0.6) is 5.75 Å². The van der Waals surface area contributed by atoms with Gasteiger partial charge in [-0.2, -0.15) is 0 Å². The van der Waals surface area contributed by atoms with Crippen LogP contribution in [0.25, 0.3) is 0 Å². The first-order chi connectivity index (χ1) is 10.6. The zero-order chi connectivity index (χ0) is 15.9. The summed E-state index contributed by atoms with van der Waals surface area (Å²) in [6.07, 6.45) is 3.63. The minimum Gasteiger partial charge on any atom is -0.495 e. The Morgan fingerprint density at radius 2 is 2.32 bits per heavy atom. The Hall–Kier alpha value is -1.30. The van der Waals surface area contributed by atoms with Gasteiger partial charge in [-0.3, -0.25) is 9.69 Å². The lowest BCUT2D eigenvalue weighted by Crippen LogP contribution is -2.37. The highest BCUT2D eigenvalue weighted by atomic mass is 35.5. The second kappa shape index (κ2) is 8.36. The van der Waals surface area contributed by atoms with E-state index in [9.17, 15) is 4.79 Å². The number of methoxy groups -OCH3 is 1. The average molecular weight is 327 g/mol. The number of nitrogens with one attached hydrogen (secondary N) is 1. The van der Waals surface area contributed by atoms with Gasteiger partial charge >= 0.3 is 0 Å². The largest absolute Gasteiger partial charge is 0.495 e. The van der Waals surface area contributed by atoms with E-state index in [2.05, 4.69) is 5.32 Å². The fraction of sp³-hybridized carbons (Fsp3) is 0.562. The SMILES string of the molecule is COc1ccc(Cl)cc1NC(=O)CN(C)C[C@@H]1CCCCO1. The van der Waals surface area contributed by atoms with Gasteiger partial charge in [-0.25, -0.2) is 0 Å². The quantitative estimate of drug-likeness (QED) is 0.873. The lowest BCUT2D eigenvalue weighted by Gasteiger charge is -2.27. The summed E-state index contributed by atoms with van der Waals surface area (Å²) in [4.78, 5) is 14.1. The molecular formula is C16H23ClN2O3. The van der Waals surface area contributed by atoms with E-state index in [4.69, 9.17) is 21.1 Å². The molecule has 1 atom stereocenters. The molecule has 2 rings (SSSR count). The maximum absolute atomic E-state index is 12.2. The summed E-state index contributed by atoms with van der Waals surface area (Å²) in [6.45, 7) is 1.89. The van der Waals surface area contributed by atoms with E-state index < -0.39 is 0 Å². The van der Waals surface area contributed by atoms with Gasteiger partial charge in [-0.1, -0.05) is 11.6 Å². The molecule has 0 bridgehead atoms.